The van der Waals surface area contributed by atoms with Crippen LogP contribution in [0.1, 0.15) is 47.5 Å². The van der Waals surface area contributed by atoms with Crippen LogP contribution in [0.4, 0.5) is 0 Å². The van der Waals surface area contributed by atoms with Crippen molar-refractivity contribution in [3.8, 4) is 0 Å². The highest BCUT2D eigenvalue weighted by atomic mass is 16.7. The van der Waals surface area contributed by atoms with Gasteiger partial charge in [0.25, 0.3) is 0 Å². The third-order valence-electron chi connectivity index (χ3n) is 5.02. The molecule has 1 aliphatic heterocycles. The molecular weight excluding hydrogens is 212 g/mol. The fraction of sp³-hybridized carbons (Fsp3) is 1.00. The van der Waals surface area contributed by atoms with E-state index < -0.39 is 0 Å². The fourth-order valence-corrected chi connectivity index (χ4v) is 3.65. The number of hydrogen-bond acceptors (Lipinski definition) is 2. The van der Waals surface area contributed by atoms with Crippen molar-refractivity contribution in [2.24, 2.45) is 29.6 Å². The lowest BCUT2D eigenvalue weighted by Crippen LogP contribution is -2.46. The Morgan fingerprint density at radius 1 is 0.765 bits per heavy atom. The summed E-state index contributed by atoms with van der Waals surface area (Å²) in [6, 6.07) is 0. The van der Waals surface area contributed by atoms with E-state index in [1.54, 1.807) is 0 Å². The normalized spacial score (nSPS) is 52.4. The molecule has 0 radical (unpaired) electrons. The standard InChI is InChI=1S/C15H28O2/c1-9-6-11(3)14(7-10(9)2)15-12(4)8-16-13(5)17-15/h9-15H,6-8H2,1-5H3. The minimum Gasteiger partial charge on any atom is -0.353 e. The molecular formula is C15H28O2. The molecule has 2 heteroatoms. The second-order valence-electron chi connectivity index (χ2n) is 6.55. The zero-order valence-electron chi connectivity index (χ0n) is 12.0. The first-order valence-corrected chi connectivity index (χ1v) is 7.26. The Balaban J connectivity index is 2.04. The Bertz CT molecular complexity index is 253. The summed E-state index contributed by atoms with van der Waals surface area (Å²) in [7, 11) is 0. The van der Waals surface area contributed by atoms with Crippen LogP contribution in [0.2, 0.25) is 0 Å². The average Bonchev–Trinajstić information content (AvgIpc) is 2.27. The van der Waals surface area contributed by atoms with Gasteiger partial charge in [-0.05, 0) is 43.4 Å². The van der Waals surface area contributed by atoms with Crippen molar-refractivity contribution in [1.82, 2.24) is 0 Å². The van der Waals surface area contributed by atoms with Gasteiger partial charge < -0.3 is 9.47 Å². The Hall–Kier alpha value is -0.0800. The van der Waals surface area contributed by atoms with E-state index in [1.807, 2.05) is 6.92 Å². The molecule has 0 bridgehead atoms. The highest BCUT2D eigenvalue weighted by molar-refractivity contribution is 4.88. The summed E-state index contributed by atoms with van der Waals surface area (Å²) in [6.07, 6.45) is 3.07. The van der Waals surface area contributed by atoms with Crippen LogP contribution in [0.3, 0.4) is 0 Å². The second kappa shape index (κ2) is 5.27. The van der Waals surface area contributed by atoms with Crippen molar-refractivity contribution in [3.63, 3.8) is 0 Å². The lowest BCUT2D eigenvalue weighted by molar-refractivity contribution is -0.245. The Morgan fingerprint density at radius 3 is 2.12 bits per heavy atom. The van der Waals surface area contributed by atoms with E-state index in [1.165, 1.54) is 12.8 Å². The van der Waals surface area contributed by atoms with Crippen molar-refractivity contribution >= 4 is 0 Å². The minimum absolute atomic E-state index is 0.0157. The Morgan fingerprint density at radius 2 is 1.41 bits per heavy atom. The van der Waals surface area contributed by atoms with Crippen LogP contribution in [-0.4, -0.2) is 19.0 Å². The highest BCUT2D eigenvalue weighted by Crippen LogP contribution is 2.42. The monoisotopic (exact) mass is 240 g/mol. The zero-order valence-corrected chi connectivity index (χ0v) is 12.0. The Labute approximate surface area is 106 Å². The molecule has 1 saturated carbocycles. The molecule has 2 nitrogen and oxygen atoms in total. The molecule has 0 N–H and O–H groups in total. The molecule has 17 heavy (non-hydrogen) atoms. The third kappa shape index (κ3) is 2.85. The van der Waals surface area contributed by atoms with E-state index >= 15 is 0 Å². The van der Waals surface area contributed by atoms with Gasteiger partial charge in [0, 0.05) is 5.92 Å². The van der Waals surface area contributed by atoms with E-state index in [4.69, 9.17) is 9.47 Å². The van der Waals surface area contributed by atoms with Crippen molar-refractivity contribution < 1.29 is 9.47 Å². The summed E-state index contributed by atoms with van der Waals surface area (Å²) >= 11 is 0. The van der Waals surface area contributed by atoms with Gasteiger partial charge in [-0.25, -0.2) is 0 Å². The van der Waals surface area contributed by atoms with E-state index in [-0.39, 0.29) is 6.29 Å². The van der Waals surface area contributed by atoms with E-state index in [9.17, 15) is 0 Å². The van der Waals surface area contributed by atoms with E-state index in [2.05, 4.69) is 27.7 Å². The fourth-order valence-electron chi connectivity index (χ4n) is 3.65. The maximum absolute atomic E-state index is 6.07. The van der Waals surface area contributed by atoms with Crippen molar-refractivity contribution in [1.29, 1.82) is 0 Å². The summed E-state index contributed by atoms with van der Waals surface area (Å²) in [5.74, 6) is 3.76. The predicted molar refractivity (Wildman–Crippen MR) is 69.7 cm³/mol. The van der Waals surface area contributed by atoms with Gasteiger partial charge in [-0.15, -0.1) is 0 Å². The summed E-state index contributed by atoms with van der Waals surface area (Å²) < 4.78 is 11.6. The third-order valence-corrected chi connectivity index (χ3v) is 5.02. The second-order valence-corrected chi connectivity index (χ2v) is 6.55. The number of hydrogen-bond donors (Lipinski definition) is 0. The molecule has 7 unspecified atom stereocenters. The molecule has 1 heterocycles. The van der Waals surface area contributed by atoms with Gasteiger partial charge in [0.2, 0.25) is 0 Å². The number of rotatable bonds is 1. The van der Waals surface area contributed by atoms with Crippen LogP contribution in [0, 0.1) is 29.6 Å². The van der Waals surface area contributed by atoms with E-state index in [0.29, 0.717) is 12.0 Å². The molecule has 1 saturated heterocycles. The molecule has 0 aromatic rings. The molecule has 7 atom stereocenters. The van der Waals surface area contributed by atoms with Gasteiger partial charge in [0.1, 0.15) is 0 Å². The highest BCUT2D eigenvalue weighted by Gasteiger charge is 2.40. The van der Waals surface area contributed by atoms with Gasteiger partial charge in [0.15, 0.2) is 6.29 Å². The Kier molecular flexibility index (Phi) is 4.14. The van der Waals surface area contributed by atoms with Crippen LogP contribution in [0.15, 0.2) is 0 Å². The van der Waals surface area contributed by atoms with Crippen LogP contribution in [0.25, 0.3) is 0 Å². The molecule has 0 spiro atoms. The maximum Gasteiger partial charge on any atom is 0.155 e. The van der Waals surface area contributed by atoms with Crippen molar-refractivity contribution in [3.05, 3.63) is 0 Å². The maximum atomic E-state index is 6.07. The first kappa shape index (κ1) is 13.4. The molecule has 0 aromatic heterocycles. The minimum atomic E-state index is -0.0157. The van der Waals surface area contributed by atoms with Crippen LogP contribution in [-0.2, 0) is 9.47 Å². The molecule has 100 valence electrons. The van der Waals surface area contributed by atoms with Crippen LogP contribution < -0.4 is 0 Å². The summed E-state index contributed by atoms with van der Waals surface area (Å²) in [5, 5.41) is 0. The van der Waals surface area contributed by atoms with E-state index in [0.717, 1.165) is 30.3 Å². The smallest absolute Gasteiger partial charge is 0.155 e. The van der Waals surface area contributed by atoms with Crippen LogP contribution in [0.5, 0.6) is 0 Å². The van der Waals surface area contributed by atoms with Gasteiger partial charge in [0.05, 0.1) is 12.7 Å². The lowest BCUT2D eigenvalue weighted by atomic mass is 9.66. The SMILES string of the molecule is CC1OCC(C)C(C2CC(C)C(C)CC2C)O1. The first-order chi connectivity index (χ1) is 7.99. The molecule has 2 rings (SSSR count). The van der Waals surface area contributed by atoms with Gasteiger partial charge in [-0.1, -0.05) is 27.7 Å². The molecule has 1 aliphatic carbocycles. The van der Waals surface area contributed by atoms with Gasteiger partial charge >= 0.3 is 0 Å². The van der Waals surface area contributed by atoms with Crippen molar-refractivity contribution in [2.45, 2.75) is 59.9 Å². The summed E-state index contributed by atoms with van der Waals surface area (Å²) in [4.78, 5) is 0. The molecule has 2 fully saturated rings. The lowest BCUT2D eigenvalue weighted by Gasteiger charge is -2.45. The summed E-state index contributed by atoms with van der Waals surface area (Å²) in [5.41, 5.74) is 0. The zero-order chi connectivity index (χ0) is 12.6. The topological polar surface area (TPSA) is 18.5 Å². The van der Waals surface area contributed by atoms with Crippen molar-refractivity contribution in [2.75, 3.05) is 6.61 Å². The molecule has 2 aliphatic rings. The first-order valence-electron chi connectivity index (χ1n) is 7.26. The van der Waals surface area contributed by atoms with Gasteiger partial charge in [-0.3, -0.25) is 0 Å². The van der Waals surface area contributed by atoms with Gasteiger partial charge in [-0.2, -0.15) is 0 Å². The molecule has 0 aromatic carbocycles. The number of ether oxygens (including phenoxy) is 2. The van der Waals surface area contributed by atoms with Crippen LogP contribution >= 0.6 is 0 Å². The summed E-state index contributed by atoms with van der Waals surface area (Å²) in [6.45, 7) is 12.4. The average molecular weight is 240 g/mol. The molecule has 0 amide bonds. The predicted octanol–water partition coefficient (Wildman–Crippen LogP) is 3.70. The largest absolute Gasteiger partial charge is 0.353 e. The quantitative estimate of drug-likeness (QED) is 0.695.